The molecule has 1 fully saturated rings. The highest BCUT2D eigenvalue weighted by atomic mass is 35.5. The molecule has 0 aliphatic carbocycles. The van der Waals surface area contributed by atoms with Gasteiger partial charge in [-0.25, -0.2) is 9.78 Å². The summed E-state index contributed by atoms with van der Waals surface area (Å²) in [7, 11) is 0. The van der Waals surface area contributed by atoms with Crippen molar-refractivity contribution >= 4 is 29.2 Å². The van der Waals surface area contributed by atoms with Crippen LogP contribution in [0, 0.1) is 11.8 Å². The molecule has 1 aromatic rings. The minimum atomic E-state index is -0.528. The number of rotatable bonds is 2. The molecule has 0 spiro atoms. The molecule has 1 aromatic heterocycles. The maximum atomic E-state index is 12.1. The summed E-state index contributed by atoms with van der Waals surface area (Å²) in [6, 6.07) is 0. The van der Waals surface area contributed by atoms with Crippen molar-refractivity contribution in [2.24, 2.45) is 5.18 Å². The average Bonchev–Trinajstić information content (AvgIpc) is 2.45. The lowest BCUT2D eigenvalue weighted by Gasteiger charge is -2.36. The number of halogens is 1. The molecule has 1 aliphatic heterocycles. The van der Waals surface area contributed by atoms with Crippen LogP contribution in [0.4, 0.5) is 16.3 Å². The first-order valence-electron chi connectivity index (χ1n) is 7.31. The zero-order valence-corrected chi connectivity index (χ0v) is 14.4. The van der Waals surface area contributed by atoms with Crippen LogP contribution in [-0.2, 0) is 4.74 Å². The van der Waals surface area contributed by atoms with Gasteiger partial charge in [-0.2, -0.15) is 4.98 Å². The number of nitroso groups, excluding NO2 is 1. The predicted molar refractivity (Wildman–Crippen MR) is 87.3 cm³/mol. The van der Waals surface area contributed by atoms with Gasteiger partial charge in [0.2, 0.25) is 5.28 Å². The number of nitrogens with zero attached hydrogens (tertiary/aromatic N) is 5. The molecule has 9 heteroatoms. The van der Waals surface area contributed by atoms with E-state index >= 15 is 0 Å². The molecule has 23 heavy (non-hydrogen) atoms. The molecule has 126 valence electrons. The van der Waals surface area contributed by atoms with E-state index in [4.69, 9.17) is 16.3 Å². The van der Waals surface area contributed by atoms with Crippen LogP contribution in [0.25, 0.3) is 0 Å². The van der Waals surface area contributed by atoms with E-state index in [0.29, 0.717) is 37.7 Å². The molecule has 0 unspecified atom stereocenters. The van der Waals surface area contributed by atoms with Crippen LogP contribution in [0.3, 0.4) is 0 Å². The number of anilines is 1. The van der Waals surface area contributed by atoms with Crippen molar-refractivity contribution in [3.05, 3.63) is 15.9 Å². The molecule has 1 saturated heterocycles. The van der Waals surface area contributed by atoms with E-state index in [9.17, 15) is 9.70 Å². The number of hydrogen-bond acceptors (Lipinski definition) is 7. The van der Waals surface area contributed by atoms with E-state index in [1.807, 2.05) is 25.7 Å². The number of carbonyl (C=O) groups excluding carboxylic acids is 1. The van der Waals surface area contributed by atoms with Gasteiger partial charge in [-0.1, -0.05) is 0 Å². The smallest absolute Gasteiger partial charge is 0.410 e. The monoisotopic (exact) mass is 341 g/mol. The summed E-state index contributed by atoms with van der Waals surface area (Å²) in [5.41, 5.74) is 0.0878. The maximum Gasteiger partial charge on any atom is 0.410 e. The normalized spacial score (nSPS) is 15.5. The molecule has 0 N–H and O–H groups in total. The first kappa shape index (κ1) is 17.4. The van der Waals surface area contributed by atoms with Gasteiger partial charge in [0.25, 0.3) is 0 Å². The lowest BCUT2D eigenvalue weighted by molar-refractivity contribution is 0.0240. The highest BCUT2D eigenvalue weighted by Crippen LogP contribution is 2.31. The quantitative estimate of drug-likeness (QED) is 0.607. The van der Waals surface area contributed by atoms with Gasteiger partial charge in [0.15, 0.2) is 11.5 Å². The molecule has 0 bridgehead atoms. The molecular formula is C14H20ClN5O3. The van der Waals surface area contributed by atoms with Crippen molar-refractivity contribution < 1.29 is 9.53 Å². The first-order chi connectivity index (χ1) is 10.7. The van der Waals surface area contributed by atoms with Crippen molar-refractivity contribution in [2.45, 2.75) is 33.3 Å². The standard InChI is InChI=1S/C14H20ClN5O3/c1-9-10(18-22)11(17-12(15)16-9)19-5-7-20(8-6-19)13(21)23-14(2,3)4/h5-8H2,1-4H3. The second-order valence-electron chi connectivity index (χ2n) is 6.30. The van der Waals surface area contributed by atoms with Crippen LogP contribution in [0.15, 0.2) is 5.18 Å². The Hall–Kier alpha value is -1.96. The molecule has 0 radical (unpaired) electrons. The topological polar surface area (TPSA) is 88.0 Å². The van der Waals surface area contributed by atoms with Gasteiger partial charge in [0.1, 0.15) is 5.60 Å². The van der Waals surface area contributed by atoms with E-state index in [0.717, 1.165) is 0 Å². The van der Waals surface area contributed by atoms with E-state index in [-0.39, 0.29) is 17.1 Å². The third-order valence-corrected chi connectivity index (χ3v) is 3.50. The molecule has 0 atom stereocenters. The Labute approximate surface area is 139 Å². The van der Waals surface area contributed by atoms with Crippen LogP contribution >= 0.6 is 11.6 Å². The van der Waals surface area contributed by atoms with Gasteiger partial charge in [-0.15, -0.1) is 4.91 Å². The van der Waals surface area contributed by atoms with Gasteiger partial charge >= 0.3 is 6.09 Å². The second kappa shape index (κ2) is 6.66. The third-order valence-electron chi connectivity index (χ3n) is 3.33. The first-order valence-corrected chi connectivity index (χ1v) is 7.69. The lowest BCUT2D eigenvalue weighted by atomic mass is 10.2. The average molecular weight is 342 g/mol. The Morgan fingerprint density at radius 1 is 1.22 bits per heavy atom. The van der Waals surface area contributed by atoms with Crippen LogP contribution in [0.2, 0.25) is 5.28 Å². The maximum absolute atomic E-state index is 12.1. The minimum absolute atomic E-state index is 0.0690. The van der Waals surface area contributed by atoms with Crippen molar-refractivity contribution in [3.8, 4) is 0 Å². The minimum Gasteiger partial charge on any atom is -0.444 e. The number of carbonyl (C=O) groups is 1. The number of amides is 1. The van der Waals surface area contributed by atoms with Crippen LogP contribution in [0.5, 0.6) is 0 Å². The molecule has 8 nitrogen and oxygen atoms in total. The fourth-order valence-electron chi connectivity index (χ4n) is 2.27. The highest BCUT2D eigenvalue weighted by Gasteiger charge is 2.28. The largest absolute Gasteiger partial charge is 0.444 e. The Balaban J connectivity index is 2.08. The lowest BCUT2D eigenvalue weighted by Crippen LogP contribution is -2.50. The molecule has 0 saturated carbocycles. The van der Waals surface area contributed by atoms with Crippen molar-refractivity contribution in [2.75, 3.05) is 31.1 Å². The summed E-state index contributed by atoms with van der Waals surface area (Å²) in [6.07, 6.45) is -0.345. The summed E-state index contributed by atoms with van der Waals surface area (Å²) in [5, 5.41) is 3.08. The Morgan fingerprint density at radius 2 is 1.83 bits per heavy atom. The summed E-state index contributed by atoms with van der Waals surface area (Å²) in [5.74, 6) is 0.404. The van der Waals surface area contributed by atoms with E-state index in [1.165, 1.54) is 0 Å². The molecule has 2 rings (SSSR count). The van der Waals surface area contributed by atoms with Crippen molar-refractivity contribution in [1.82, 2.24) is 14.9 Å². The Bertz CT molecular complexity index is 609. The van der Waals surface area contributed by atoms with Crippen molar-refractivity contribution in [1.29, 1.82) is 0 Å². The molecule has 2 heterocycles. The fourth-order valence-corrected chi connectivity index (χ4v) is 2.48. The number of hydrogen-bond donors (Lipinski definition) is 0. The number of piperazine rings is 1. The van der Waals surface area contributed by atoms with Crippen LogP contribution in [0.1, 0.15) is 26.5 Å². The predicted octanol–water partition coefficient (Wildman–Crippen LogP) is 2.89. The molecule has 1 aliphatic rings. The second-order valence-corrected chi connectivity index (χ2v) is 6.63. The highest BCUT2D eigenvalue weighted by molar-refractivity contribution is 6.28. The molecule has 0 aromatic carbocycles. The van der Waals surface area contributed by atoms with Crippen LogP contribution < -0.4 is 4.90 Å². The number of ether oxygens (including phenoxy) is 1. The fraction of sp³-hybridized carbons (Fsp3) is 0.643. The van der Waals surface area contributed by atoms with Crippen LogP contribution in [-0.4, -0.2) is 52.7 Å². The third kappa shape index (κ3) is 4.28. The van der Waals surface area contributed by atoms with Gasteiger partial charge in [0, 0.05) is 26.2 Å². The number of aromatic nitrogens is 2. The van der Waals surface area contributed by atoms with Gasteiger partial charge in [-0.3, -0.25) is 0 Å². The van der Waals surface area contributed by atoms with E-state index in [1.54, 1.807) is 11.8 Å². The summed E-state index contributed by atoms with van der Waals surface area (Å²) in [4.78, 5) is 34.7. The van der Waals surface area contributed by atoms with E-state index in [2.05, 4.69) is 15.1 Å². The molecule has 1 amide bonds. The zero-order chi connectivity index (χ0) is 17.2. The molecular weight excluding hydrogens is 322 g/mol. The van der Waals surface area contributed by atoms with Gasteiger partial charge < -0.3 is 14.5 Å². The van der Waals surface area contributed by atoms with Gasteiger partial charge in [0.05, 0.1) is 5.69 Å². The Morgan fingerprint density at radius 3 is 2.35 bits per heavy atom. The van der Waals surface area contributed by atoms with Gasteiger partial charge in [-0.05, 0) is 44.5 Å². The zero-order valence-electron chi connectivity index (χ0n) is 13.7. The Kier molecular flexibility index (Phi) is 5.03. The summed E-state index contributed by atoms with van der Waals surface area (Å²) < 4.78 is 5.35. The summed E-state index contributed by atoms with van der Waals surface area (Å²) >= 11 is 5.87. The summed E-state index contributed by atoms with van der Waals surface area (Å²) in [6.45, 7) is 9.09. The SMILES string of the molecule is Cc1nc(Cl)nc(N2CCN(C(=O)OC(C)(C)C)CC2)c1N=O. The number of aryl methyl sites for hydroxylation is 1. The van der Waals surface area contributed by atoms with Crippen molar-refractivity contribution in [3.63, 3.8) is 0 Å². The van der Waals surface area contributed by atoms with E-state index < -0.39 is 5.60 Å².